The van der Waals surface area contributed by atoms with Gasteiger partial charge in [0.15, 0.2) is 0 Å². The van der Waals surface area contributed by atoms with Crippen LogP contribution < -0.4 is 3.79 Å². The number of carbonyl (C=O) groups is 1. The lowest BCUT2D eigenvalue weighted by atomic mass is 10.1. The first-order valence-corrected chi connectivity index (χ1v) is 4.73. The van der Waals surface area contributed by atoms with Gasteiger partial charge in [-0.25, -0.2) is 4.79 Å². The van der Waals surface area contributed by atoms with Crippen molar-refractivity contribution >= 4 is 22.6 Å². The molecule has 0 fully saturated rings. The van der Waals surface area contributed by atoms with Crippen LogP contribution in [-0.2, 0) is 4.74 Å². The summed E-state index contributed by atoms with van der Waals surface area (Å²) in [6.45, 7) is 1.95. The second-order valence-electron chi connectivity index (χ2n) is 2.70. The maximum absolute atomic E-state index is 11.2. The Balaban J connectivity index is 3.13. The van der Waals surface area contributed by atoms with Crippen LogP contribution in [-0.4, -0.2) is 29.7 Å². The molecule has 0 spiro atoms. The molecule has 0 bridgehead atoms. The second kappa shape index (κ2) is 4.31. The number of hydrogen-bond donors (Lipinski definition) is 0. The van der Waals surface area contributed by atoms with Crippen molar-refractivity contribution in [1.29, 1.82) is 0 Å². The zero-order valence-corrected chi connectivity index (χ0v) is 9.96. The van der Waals surface area contributed by atoms with E-state index in [1.807, 2.05) is 19.1 Å². The fraction of sp³-hybridized carbons (Fsp3) is 0.222. The van der Waals surface area contributed by atoms with Crippen LogP contribution in [0.25, 0.3) is 0 Å². The molecule has 0 N–H and O–H groups in total. The van der Waals surface area contributed by atoms with E-state index in [1.165, 1.54) is 7.11 Å². The van der Waals surface area contributed by atoms with E-state index in [0.717, 1.165) is 5.56 Å². The molecule has 1 rings (SSSR count). The Labute approximate surface area is 85.4 Å². The lowest BCUT2D eigenvalue weighted by Gasteiger charge is -2.08. The number of aryl methyl sites for hydroxylation is 1. The summed E-state index contributed by atoms with van der Waals surface area (Å²) >= 11 is 0.564. The summed E-state index contributed by atoms with van der Waals surface area (Å²) in [6.07, 6.45) is 0. The van der Waals surface area contributed by atoms with Crippen molar-refractivity contribution < 1.29 is 13.3 Å². The molecule has 0 atom stereocenters. The van der Waals surface area contributed by atoms with Crippen LogP contribution >= 0.6 is 0 Å². The van der Waals surface area contributed by atoms with Crippen LogP contribution in [0.3, 0.4) is 0 Å². The zero-order valence-electron chi connectivity index (χ0n) is 7.96. The minimum Gasteiger partial charge on any atom is -0.647 e. The van der Waals surface area contributed by atoms with Gasteiger partial charge < -0.3 is 8.53 Å². The minimum absolute atomic E-state index is 0.356. The van der Waals surface area contributed by atoms with Crippen LogP contribution in [0.15, 0.2) is 18.2 Å². The minimum atomic E-state index is -0.356. The molecular weight excluding hydrogens is 183 g/mol. The Morgan fingerprint density at radius 3 is 2.69 bits per heavy atom. The van der Waals surface area contributed by atoms with Gasteiger partial charge in [-0.3, -0.25) is 0 Å². The van der Waals surface area contributed by atoms with E-state index in [0.29, 0.717) is 27.9 Å². The van der Waals surface area contributed by atoms with E-state index < -0.39 is 0 Å². The maximum Gasteiger partial charge on any atom is 0.496 e. The number of esters is 1. The van der Waals surface area contributed by atoms with Crippen LogP contribution in [0.2, 0.25) is 0 Å². The van der Waals surface area contributed by atoms with Gasteiger partial charge in [-0.15, -0.1) is 0 Å². The molecule has 0 aliphatic heterocycles. The molecule has 0 saturated heterocycles. The van der Waals surface area contributed by atoms with Crippen molar-refractivity contribution in [3.05, 3.63) is 29.3 Å². The average Bonchev–Trinajstić information content (AvgIpc) is 2.16. The quantitative estimate of drug-likeness (QED) is 0.513. The molecule has 3 nitrogen and oxygen atoms in total. The summed E-state index contributed by atoms with van der Waals surface area (Å²) in [5.41, 5.74) is 1.56. The second-order valence-corrected chi connectivity index (χ2v) is 3.10. The van der Waals surface area contributed by atoms with Crippen molar-refractivity contribution in [3.8, 4) is 5.75 Å². The number of hydrogen-bond acceptors (Lipinski definition) is 3. The Morgan fingerprint density at radius 1 is 1.46 bits per heavy atom. The van der Waals surface area contributed by atoms with Gasteiger partial charge in [-0.2, -0.15) is 0 Å². The van der Waals surface area contributed by atoms with Gasteiger partial charge in [0.05, 0.1) is 18.4 Å². The molecule has 0 aromatic heterocycles. The molecule has 0 aliphatic carbocycles. The van der Waals surface area contributed by atoms with Gasteiger partial charge >= 0.3 is 22.6 Å². The third-order valence-corrected chi connectivity index (χ3v) is 2.20. The van der Waals surface area contributed by atoms with Crippen LogP contribution in [0.4, 0.5) is 0 Å². The van der Waals surface area contributed by atoms with Crippen molar-refractivity contribution in [2.75, 3.05) is 7.11 Å². The monoisotopic (exact) mass is 194 g/mol. The van der Waals surface area contributed by atoms with Crippen LogP contribution in [0.1, 0.15) is 15.9 Å². The fourth-order valence-electron chi connectivity index (χ4n) is 1.08. The Bertz CT molecular complexity index is 323. The predicted octanol–water partition coefficient (Wildman–Crippen LogP) is 0.709. The highest BCUT2D eigenvalue weighted by Crippen LogP contribution is 2.20. The normalized spacial score (nSPS) is 9.38. The van der Waals surface area contributed by atoms with Gasteiger partial charge in [0, 0.05) is 0 Å². The standard InChI is InChI=1S/C9H10O3.Al.2H/c1-6-3-4-7(8(10)5-6)9(11)12-2;;;/h3-5,10H,1-2H3;;;/q;+1;;/p-1. The van der Waals surface area contributed by atoms with Gasteiger partial charge in [0.1, 0.15) is 0 Å². The number of rotatable bonds is 2. The zero-order chi connectivity index (χ0) is 9.84. The Hall–Kier alpha value is -0.978. The Morgan fingerprint density at radius 2 is 2.15 bits per heavy atom. The van der Waals surface area contributed by atoms with Gasteiger partial charge in [0.25, 0.3) is 0 Å². The molecule has 1 aromatic rings. The summed E-state index contributed by atoms with van der Waals surface area (Å²) < 4.78 is 9.80. The fourth-order valence-corrected chi connectivity index (χ4v) is 1.41. The number of carbonyl (C=O) groups excluding carboxylic acids is 1. The third kappa shape index (κ3) is 2.24. The summed E-state index contributed by atoms with van der Waals surface area (Å²) in [5.74, 6) is 0.254. The summed E-state index contributed by atoms with van der Waals surface area (Å²) in [7, 11) is 1.36. The van der Waals surface area contributed by atoms with Crippen molar-refractivity contribution in [3.63, 3.8) is 0 Å². The SMILES string of the molecule is COC(=O)c1ccc(C)cc1[O][AlH2]. The van der Waals surface area contributed by atoms with Gasteiger partial charge in [0.2, 0.25) is 0 Å². The van der Waals surface area contributed by atoms with E-state index in [2.05, 4.69) is 4.74 Å². The van der Waals surface area contributed by atoms with E-state index >= 15 is 0 Å². The number of ether oxygens (including phenoxy) is 1. The van der Waals surface area contributed by atoms with Crippen LogP contribution in [0, 0.1) is 6.92 Å². The molecule has 0 unspecified atom stereocenters. The number of methoxy groups -OCH3 is 1. The third-order valence-electron chi connectivity index (χ3n) is 1.76. The Kier molecular flexibility index (Phi) is 3.35. The largest absolute Gasteiger partial charge is 0.647 e. The molecule has 0 radical (unpaired) electrons. The first-order valence-electron chi connectivity index (χ1n) is 3.92. The average molecular weight is 194 g/mol. The van der Waals surface area contributed by atoms with Gasteiger partial charge in [-0.1, -0.05) is 6.07 Å². The molecule has 0 aliphatic rings. The highest BCUT2D eigenvalue weighted by Gasteiger charge is 2.10. The lowest BCUT2D eigenvalue weighted by molar-refractivity contribution is 0.0598. The van der Waals surface area contributed by atoms with E-state index in [1.54, 1.807) is 6.07 Å². The van der Waals surface area contributed by atoms with Crippen LogP contribution in [0.5, 0.6) is 5.75 Å². The first-order chi connectivity index (χ1) is 6.19. The summed E-state index contributed by atoms with van der Waals surface area (Å²) in [5, 5.41) is 0. The van der Waals surface area contributed by atoms with E-state index in [9.17, 15) is 4.79 Å². The molecular formula is C9H11AlO3. The topological polar surface area (TPSA) is 35.5 Å². The van der Waals surface area contributed by atoms with Crippen molar-refractivity contribution in [1.82, 2.24) is 0 Å². The highest BCUT2D eigenvalue weighted by molar-refractivity contribution is 6.02. The molecule has 13 heavy (non-hydrogen) atoms. The van der Waals surface area contributed by atoms with Gasteiger partial charge in [-0.05, 0) is 24.6 Å². The molecule has 68 valence electrons. The maximum atomic E-state index is 11.2. The summed E-state index contributed by atoms with van der Waals surface area (Å²) in [6, 6.07) is 5.41. The molecule has 4 heteroatoms. The molecule has 1 aromatic carbocycles. The molecule has 0 amide bonds. The highest BCUT2D eigenvalue weighted by atomic mass is 27.1. The predicted molar refractivity (Wildman–Crippen MR) is 51.7 cm³/mol. The van der Waals surface area contributed by atoms with Crippen molar-refractivity contribution in [2.24, 2.45) is 0 Å². The first kappa shape index (κ1) is 10.1. The lowest BCUT2D eigenvalue weighted by Crippen LogP contribution is -2.04. The van der Waals surface area contributed by atoms with E-state index in [-0.39, 0.29) is 5.97 Å². The summed E-state index contributed by atoms with van der Waals surface area (Å²) in [4.78, 5) is 11.2. The van der Waals surface area contributed by atoms with Crippen molar-refractivity contribution in [2.45, 2.75) is 6.92 Å². The molecule has 0 heterocycles. The van der Waals surface area contributed by atoms with E-state index in [4.69, 9.17) is 3.79 Å². The molecule has 0 saturated carbocycles. The smallest absolute Gasteiger partial charge is 0.496 e. The number of benzene rings is 1.